The topological polar surface area (TPSA) is 80.0 Å². The molecule has 0 unspecified atom stereocenters. The second-order valence-corrected chi connectivity index (χ2v) is 5.68. The van der Waals surface area contributed by atoms with Crippen LogP contribution in [0.5, 0.6) is 0 Å². The number of hydrogen-bond acceptors (Lipinski definition) is 5. The van der Waals surface area contributed by atoms with Crippen LogP contribution in [0.25, 0.3) is 0 Å². The van der Waals surface area contributed by atoms with Gasteiger partial charge in [-0.3, -0.25) is 9.67 Å². The lowest BCUT2D eigenvalue weighted by atomic mass is 10.4. The van der Waals surface area contributed by atoms with E-state index in [1.54, 1.807) is 29.4 Å². The fraction of sp³-hybridized carbons (Fsp3) is 0.538. The molecule has 0 fully saturated rings. The van der Waals surface area contributed by atoms with Crippen molar-refractivity contribution in [2.24, 2.45) is 12.0 Å². The maximum absolute atomic E-state index is 4.40. The molecular weight excluding hydrogens is 286 g/mol. The van der Waals surface area contributed by atoms with Gasteiger partial charge in [0.15, 0.2) is 5.96 Å². The van der Waals surface area contributed by atoms with Crippen LogP contribution >= 0.6 is 11.3 Å². The number of nitrogens with one attached hydrogen (secondary N) is 2. The van der Waals surface area contributed by atoms with Gasteiger partial charge in [-0.05, 0) is 6.42 Å². The highest BCUT2D eigenvalue weighted by Gasteiger charge is 2.04. The van der Waals surface area contributed by atoms with Crippen molar-refractivity contribution in [3.63, 3.8) is 0 Å². The Hall–Kier alpha value is -1.96. The van der Waals surface area contributed by atoms with E-state index >= 15 is 0 Å². The molecule has 2 aromatic heterocycles. The molecule has 114 valence electrons. The Balaban J connectivity index is 1.74. The standard InChI is InChI=1S/C13H21N7S/c1-4-10-7-16-12(21-10)5-6-15-13(14-2)17-8-11-18-9-19-20(11)3/h7,9H,4-6,8H2,1-3H3,(H2,14,15,17). The Morgan fingerprint density at radius 3 is 2.86 bits per heavy atom. The molecular formula is C13H21N7S. The van der Waals surface area contributed by atoms with Gasteiger partial charge in [0.2, 0.25) is 0 Å². The number of guanidine groups is 1. The van der Waals surface area contributed by atoms with E-state index in [-0.39, 0.29) is 0 Å². The molecule has 0 aliphatic rings. The minimum atomic E-state index is 0.591. The summed E-state index contributed by atoms with van der Waals surface area (Å²) in [5.74, 6) is 1.62. The quantitative estimate of drug-likeness (QED) is 0.608. The van der Waals surface area contributed by atoms with Crippen LogP contribution in [0.3, 0.4) is 0 Å². The molecule has 7 nitrogen and oxygen atoms in total. The van der Waals surface area contributed by atoms with Gasteiger partial charge >= 0.3 is 0 Å². The number of hydrogen-bond donors (Lipinski definition) is 2. The summed E-state index contributed by atoms with van der Waals surface area (Å²) in [6, 6.07) is 0. The molecule has 0 amide bonds. The first kappa shape index (κ1) is 15.4. The zero-order valence-corrected chi connectivity index (χ0v) is 13.4. The smallest absolute Gasteiger partial charge is 0.191 e. The zero-order chi connectivity index (χ0) is 15.1. The van der Waals surface area contributed by atoms with Gasteiger partial charge in [0.1, 0.15) is 12.2 Å². The molecule has 0 atom stereocenters. The van der Waals surface area contributed by atoms with Gasteiger partial charge in [0.05, 0.1) is 11.6 Å². The summed E-state index contributed by atoms with van der Waals surface area (Å²) in [4.78, 5) is 14.1. The zero-order valence-electron chi connectivity index (χ0n) is 12.6. The van der Waals surface area contributed by atoms with Gasteiger partial charge in [-0.1, -0.05) is 6.92 Å². The van der Waals surface area contributed by atoms with Crippen molar-refractivity contribution in [2.45, 2.75) is 26.3 Å². The minimum absolute atomic E-state index is 0.591. The highest BCUT2D eigenvalue weighted by Crippen LogP contribution is 2.13. The largest absolute Gasteiger partial charge is 0.356 e. The first-order valence-corrected chi connectivity index (χ1v) is 7.75. The molecule has 2 aromatic rings. The number of aromatic nitrogens is 4. The Labute approximate surface area is 128 Å². The van der Waals surface area contributed by atoms with E-state index in [9.17, 15) is 0 Å². The number of aryl methyl sites for hydroxylation is 2. The third-order valence-electron chi connectivity index (χ3n) is 3.02. The van der Waals surface area contributed by atoms with Crippen LogP contribution in [0.4, 0.5) is 0 Å². The van der Waals surface area contributed by atoms with Gasteiger partial charge < -0.3 is 10.6 Å². The molecule has 2 N–H and O–H groups in total. The molecule has 0 bridgehead atoms. The first-order valence-electron chi connectivity index (χ1n) is 6.94. The van der Waals surface area contributed by atoms with Gasteiger partial charge in [-0.15, -0.1) is 11.3 Å². The lowest BCUT2D eigenvalue weighted by Crippen LogP contribution is -2.38. The summed E-state index contributed by atoms with van der Waals surface area (Å²) in [6.45, 7) is 3.54. The van der Waals surface area contributed by atoms with Crippen molar-refractivity contribution >= 4 is 17.3 Å². The minimum Gasteiger partial charge on any atom is -0.356 e. The van der Waals surface area contributed by atoms with Crippen molar-refractivity contribution in [1.29, 1.82) is 0 Å². The average Bonchev–Trinajstić information content (AvgIpc) is 3.11. The van der Waals surface area contributed by atoms with Crippen molar-refractivity contribution in [2.75, 3.05) is 13.6 Å². The van der Waals surface area contributed by atoms with E-state index in [1.165, 1.54) is 4.88 Å². The Kier molecular flexibility index (Phi) is 5.68. The summed E-state index contributed by atoms with van der Waals surface area (Å²) >= 11 is 1.77. The number of thiazole rings is 1. The Bertz CT molecular complexity index is 587. The maximum Gasteiger partial charge on any atom is 0.191 e. The second kappa shape index (κ2) is 7.72. The SMILES string of the molecule is CCc1cnc(CCNC(=NC)NCc2ncnn2C)s1. The summed E-state index contributed by atoms with van der Waals surface area (Å²) in [6.07, 6.45) is 5.45. The van der Waals surface area contributed by atoms with Gasteiger partial charge in [-0.2, -0.15) is 5.10 Å². The van der Waals surface area contributed by atoms with Crippen molar-refractivity contribution in [3.8, 4) is 0 Å². The Morgan fingerprint density at radius 2 is 2.24 bits per heavy atom. The lowest BCUT2D eigenvalue weighted by Gasteiger charge is -2.10. The molecule has 2 rings (SSSR count). The van der Waals surface area contributed by atoms with Crippen LogP contribution in [0, 0.1) is 0 Å². The fourth-order valence-corrected chi connectivity index (χ4v) is 2.64. The van der Waals surface area contributed by atoms with Crippen molar-refractivity contribution in [3.05, 3.63) is 28.2 Å². The monoisotopic (exact) mass is 307 g/mol. The molecule has 0 saturated carbocycles. The van der Waals surface area contributed by atoms with E-state index in [0.29, 0.717) is 6.54 Å². The van der Waals surface area contributed by atoms with Crippen LogP contribution in [0.1, 0.15) is 22.6 Å². The van der Waals surface area contributed by atoms with Crippen LogP contribution < -0.4 is 10.6 Å². The van der Waals surface area contributed by atoms with Gasteiger partial charge in [0.25, 0.3) is 0 Å². The molecule has 0 aliphatic carbocycles. The molecule has 2 heterocycles. The van der Waals surface area contributed by atoms with Crippen molar-refractivity contribution in [1.82, 2.24) is 30.4 Å². The second-order valence-electron chi connectivity index (χ2n) is 4.48. The molecule has 0 aliphatic heterocycles. The summed E-state index contributed by atoms with van der Waals surface area (Å²) < 4.78 is 1.74. The fourth-order valence-electron chi connectivity index (χ4n) is 1.78. The predicted molar refractivity (Wildman–Crippen MR) is 84.4 cm³/mol. The molecule has 0 spiro atoms. The van der Waals surface area contributed by atoms with Crippen LogP contribution in [0.15, 0.2) is 17.5 Å². The third-order valence-corrected chi connectivity index (χ3v) is 4.23. The third kappa shape index (κ3) is 4.52. The van der Waals surface area contributed by atoms with Crippen LogP contribution in [-0.4, -0.2) is 39.3 Å². The number of nitrogens with zero attached hydrogens (tertiary/aromatic N) is 5. The van der Waals surface area contributed by atoms with Gasteiger partial charge in [0, 0.05) is 38.1 Å². The van der Waals surface area contributed by atoms with E-state index in [0.717, 1.165) is 36.2 Å². The molecule has 8 heteroatoms. The summed E-state index contributed by atoms with van der Waals surface area (Å²) in [5.41, 5.74) is 0. The highest BCUT2D eigenvalue weighted by molar-refractivity contribution is 7.11. The Morgan fingerprint density at radius 1 is 1.38 bits per heavy atom. The average molecular weight is 307 g/mol. The number of rotatable bonds is 6. The van der Waals surface area contributed by atoms with E-state index in [4.69, 9.17) is 0 Å². The molecule has 21 heavy (non-hydrogen) atoms. The first-order chi connectivity index (χ1) is 10.2. The predicted octanol–water partition coefficient (Wildman–Crippen LogP) is 0.742. The van der Waals surface area contributed by atoms with E-state index < -0.39 is 0 Å². The highest BCUT2D eigenvalue weighted by atomic mass is 32.1. The van der Waals surface area contributed by atoms with Crippen molar-refractivity contribution < 1.29 is 0 Å². The van der Waals surface area contributed by atoms with Gasteiger partial charge in [-0.25, -0.2) is 9.97 Å². The molecule has 0 saturated heterocycles. The number of aliphatic imine (C=N–C) groups is 1. The van der Waals surface area contributed by atoms with E-state index in [1.807, 2.05) is 13.2 Å². The van der Waals surface area contributed by atoms with Crippen LogP contribution in [-0.2, 0) is 26.4 Å². The normalized spacial score (nSPS) is 11.7. The maximum atomic E-state index is 4.40. The summed E-state index contributed by atoms with van der Waals surface area (Å²) in [5, 5.41) is 11.7. The molecule has 0 aromatic carbocycles. The van der Waals surface area contributed by atoms with E-state index in [2.05, 4.69) is 37.6 Å². The lowest BCUT2D eigenvalue weighted by molar-refractivity contribution is 0.672. The summed E-state index contributed by atoms with van der Waals surface area (Å²) in [7, 11) is 3.62. The van der Waals surface area contributed by atoms with Crippen LogP contribution in [0.2, 0.25) is 0 Å². The molecule has 0 radical (unpaired) electrons.